The van der Waals surface area contributed by atoms with Crippen molar-refractivity contribution in [1.82, 2.24) is 0 Å². The van der Waals surface area contributed by atoms with Gasteiger partial charge in [0.15, 0.2) is 16.9 Å². The van der Waals surface area contributed by atoms with E-state index in [1.165, 1.54) is 14.2 Å². The summed E-state index contributed by atoms with van der Waals surface area (Å²) in [4.78, 5) is 37.1. The number of esters is 2. The average molecular weight is 334 g/mol. The Balaban J connectivity index is 2.10. The van der Waals surface area contributed by atoms with E-state index in [9.17, 15) is 14.4 Å². The molecule has 0 radical (unpaired) electrons. The zero-order valence-corrected chi connectivity index (χ0v) is 13.5. The molecule has 0 amide bonds. The van der Waals surface area contributed by atoms with Gasteiger partial charge in [0.05, 0.1) is 14.2 Å². The van der Waals surface area contributed by atoms with Crippen molar-refractivity contribution in [3.05, 3.63) is 23.8 Å². The molecule has 1 heterocycles. The smallest absolute Gasteiger partial charge is 0.323 e. The van der Waals surface area contributed by atoms with Crippen LogP contribution in [0.5, 0.6) is 11.5 Å². The second-order valence-corrected chi connectivity index (χ2v) is 5.86. The van der Waals surface area contributed by atoms with Crippen LogP contribution in [-0.4, -0.2) is 38.7 Å². The second kappa shape index (κ2) is 6.14. The van der Waals surface area contributed by atoms with E-state index in [1.807, 2.05) is 0 Å². The highest BCUT2D eigenvalue weighted by molar-refractivity contribution is 6.03. The van der Waals surface area contributed by atoms with Gasteiger partial charge in [0, 0.05) is 18.8 Å². The molecule has 3 rings (SSSR count). The number of carbonyl (C=O) groups is 3. The molecule has 1 aromatic rings. The van der Waals surface area contributed by atoms with Gasteiger partial charge in [-0.25, -0.2) is 0 Å². The number of ketones is 1. The Bertz CT molecular complexity index is 678. The molecule has 0 bridgehead atoms. The van der Waals surface area contributed by atoms with Gasteiger partial charge in [-0.15, -0.1) is 0 Å². The molecule has 7 nitrogen and oxygen atoms in total. The molecule has 1 fully saturated rings. The number of ether oxygens (including phenoxy) is 4. The fraction of sp³-hybridized carbons (Fsp3) is 0.471. The highest BCUT2D eigenvalue weighted by Gasteiger charge is 2.57. The fourth-order valence-electron chi connectivity index (χ4n) is 3.48. The third-order valence-corrected chi connectivity index (χ3v) is 4.72. The number of hydrogen-bond donors (Lipinski definition) is 0. The molecule has 0 aromatic heterocycles. The zero-order chi connectivity index (χ0) is 17.3. The minimum absolute atomic E-state index is 0.0129. The van der Waals surface area contributed by atoms with Gasteiger partial charge in [0.2, 0.25) is 6.79 Å². The lowest BCUT2D eigenvalue weighted by molar-refractivity contribution is -0.173. The summed E-state index contributed by atoms with van der Waals surface area (Å²) in [5.74, 6) is -0.958. The molecule has 128 valence electrons. The highest BCUT2D eigenvalue weighted by Crippen LogP contribution is 2.49. The summed E-state index contributed by atoms with van der Waals surface area (Å²) in [6.45, 7) is 0.113. The summed E-state index contributed by atoms with van der Waals surface area (Å²) >= 11 is 0. The number of methoxy groups -OCH3 is 2. The number of fused-ring (bicyclic) bond motifs is 1. The molecule has 0 N–H and O–H groups in total. The van der Waals surface area contributed by atoms with Crippen LogP contribution in [0.3, 0.4) is 0 Å². The van der Waals surface area contributed by atoms with Crippen LogP contribution >= 0.6 is 0 Å². The van der Waals surface area contributed by atoms with Gasteiger partial charge in [-0.1, -0.05) is 6.07 Å². The van der Waals surface area contributed by atoms with Crippen molar-refractivity contribution in [2.24, 2.45) is 5.41 Å². The van der Waals surface area contributed by atoms with Crippen molar-refractivity contribution < 1.29 is 33.3 Å². The molecule has 1 aromatic carbocycles. The van der Waals surface area contributed by atoms with Crippen LogP contribution in [0.1, 0.15) is 30.7 Å². The second-order valence-electron chi connectivity index (χ2n) is 5.86. The van der Waals surface area contributed by atoms with Crippen LogP contribution < -0.4 is 9.47 Å². The summed E-state index contributed by atoms with van der Waals surface area (Å²) in [6.07, 6.45) is 0.249. The van der Waals surface area contributed by atoms with Crippen molar-refractivity contribution in [3.63, 3.8) is 0 Å². The van der Waals surface area contributed by atoms with E-state index in [4.69, 9.17) is 18.9 Å². The first-order chi connectivity index (χ1) is 11.5. The number of hydrogen-bond acceptors (Lipinski definition) is 7. The van der Waals surface area contributed by atoms with E-state index in [-0.39, 0.29) is 31.8 Å². The summed E-state index contributed by atoms with van der Waals surface area (Å²) in [7, 11) is 2.44. The van der Waals surface area contributed by atoms with Crippen LogP contribution in [0.25, 0.3) is 0 Å². The predicted molar refractivity (Wildman–Crippen MR) is 80.6 cm³/mol. The molecular weight excluding hydrogens is 316 g/mol. The Morgan fingerprint density at radius 2 is 1.79 bits per heavy atom. The number of benzene rings is 1. The van der Waals surface area contributed by atoms with Crippen molar-refractivity contribution in [3.8, 4) is 11.5 Å². The van der Waals surface area contributed by atoms with Crippen LogP contribution in [-0.2, 0) is 23.9 Å². The molecule has 1 aliphatic heterocycles. The fourth-order valence-corrected chi connectivity index (χ4v) is 3.48. The lowest BCUT2D eigenvalue weighted by Crippen LogP contribution is -2.49. The molecule has 1 atom stereocenters. The van der Waals surface area contributed by atoms with Crippen LogP contribution in [0, 0.1) is 5.41 Å². The van der Waals surface area contributed by atoms with Gasteiger partial charge < -0.3 is 18.9 Å². The number of carbonyl (C=O) groups excluding carboxylic acids is 3. The summed E-state index contributed by atoms with van der Waals surface area (Å²) in [5, 5.41) is 0. The Labute approximate surface area is 138 Å². The molecule has 24 heavy (non-hydrogen) atoms. The maximum Gasteiger partial charge on any atom is 0.323 e. The van der Waals surface area contributed by atoms with Gasteiger partial charge in [0.25, 0.3) is 0 Å². The first-order valence-corrected chi connectivity index (χ1v) is 7.61. The minimum atomic E-state index is -1.54. The van der Waals surface area contributed by atoms with Gasteiger partial charge in [-0.2, -0.15) is 0 Å². The molecule has 1 aliphatic carbocycles. The molecule has 1 unspecified atom stereocenters. The molecular formula is C17H18O7. The third kappa shape index (κ3) is 2.40. The average Bonchev–Trinajstić information content (AvgIpc) is 3.08. The van der Waals surface area contributed by atoms with E-state index in [1.54, 1.807) is 18.2 Å². The normalized spacial score (nSPS) is 21.2. The first kappa shape index (κ1) is 16.3. The Kier molecular flexibility index (Phi) is 4.17. The SMILES string of the molecule is COC(=O)C1(C(=O)OC)CCC(=O)CC1c1ccc2c(c1)OCO2. The van der Waals surface area contributed by atoms with Crippen molar-refractivity contribution in [2.45, 2.75) is 25.2 Å². The summed E-state index contributed by atoms with van der Waals surface area (Å²) in [5.41, 5.74) is -0.895. The van der Waals surface area contributed by atoms with Crippen LogP contribution in [0.2, 0.25) is 0 Å². The summed E-state index contributed by atoms with van der Waals surface area (Å²) in [6, 6.07) is 5.14. The Morgan fingerprint density at radius 3 is 2.46 bits per heavy atom. The summed E-state index contributed by atoms with van der Waals surface area (Å²) < 4.78 is 20.4. The zero-order valence-electron chi connectivity index (χ0n) is 13.5. The van der Waals surface area contributed by atoms with Crippen LogP contribution in [0.4, 0.5) is 0 Å². The van der Waals surface area contributed by atoms with E-state index >= 15 is 0 Å². The highest BCUT2D eigenvalue weighted by atomic mass is 16.7. The molecule has 1 saturated carbocycles. The number of rotatable bonds is 3. The lowest BCUT2D eigenvalue weighted by atomic mass is 9.63. The van der Waals surface area contributed by atoms with E-state index < -0.39 is 23.3 Å². The predicted octanol–water partition coefficient (Wildman–Crippen LogP) is 1.58. The monoisotopic (exact) mass is 334 g/mol. The maximum absolute atomic E-state index is 12.5. The molecule has 0 saturated heterocycles. The van der Waals surface area contributed by atoms with Crippen molar-refractivity contribution in [1.29, 1.82) is 0 Å². The van der Waals surface area contributed by atoms with Gasteiger partial charge in [-0.05, 0) is 24.1 Å². The van der Waals surface area contributed by atoms with Gasteiger partial charge in [-0.3, -0.25) is 14.4 Å². The van der Waals surface area contributed by atoms with E-state index in [2.05, 4.69) is 0 Å². The number of Topliss-reactive ketones (excluding diaryl/α,β-unsaturated/α-hetero) is 1. The largest absolute Gasteiger partial charge is 0.468 e. The quantitative estimate of drug-likeness (QED) is 0.612. The molecule has 2 aliphatic rings. The first-order valence-electron chi connectivity index (χ1n) is 7.61. The third-order valence-electron chi connectivity index (χ3n) is 4.72. The van der Waals surface area contributed by atoms with E-state index in [0.29, 0.717) is 17.1 Å². The standard InChI is InChI=1S/C17H18O7/c1-21-15(19)17(16(20)22-2)6-5-11(18)8-12(17)10-3-4-13-14(7-10)24-9-23-13/h3-4,7,12H,5-6,8-9H2,1-2H3. The van der Waals surface area contributed by atoms with Crippen molar-refractivity contribution in [2.75, 3.05) is 21.0 Å². The van der Waals surface area contributed by atoms with Gasteiger partial charge in [0.1, 0.15) is 5.78 Å². The Morgan fingerprint density at radius 1 is 1.12 bits per heavy atom. The topological polar surface area (TPSA) is 88.1 Å². The molecule has 7 heteroatoms. The maximum atomic E-state index is 12.5. The van der Waals surface area contributed by atoms with Gasteiger partial charge >= 0.3 is 11.9 Å². The Hall–Kier alpha value is -2.57. The van der Waals surface area contributed by atoms with E-state index in [0.717, 1.165) is 0 Å². The lowest BCUT2D eigenvalue weighted by Gasteiger charge is -2.38. The van der Waals surface area contributed by atoms with Crippen molar-refractivity contribution >= 4 is 17.7 Å². The molecule has 0 spiro atoms. The minimum Gasteiger partial charge on any atom is -0.468 e. The van der Waals surface area contributed by atoms with Crippen LogP contribution in [0.15, 0.2) is 18.2 Å².